The Morgan fingerprint density at radius 2 is 2.04 bits per heavy atom. The van der Waals surface area contributed by atoms with E-state index in [1.54, 1.807) is 32.2 Å². The van der Waals surface area contributed by atoms with Crippen molar-refractivity contribution < 1.29 is 19.1 Å². The Balaban J connectivity index is 1.98. The zero-order chi connectivity index (χ0) is 17.7. The van der Waals surface area contributed by atoms with Crippen molar-refractivity contribution >= 4 is 40.1 Å². The van der Waals surface area contributed by atoms with Crippen LogP contribution in [0.3, 0.4) is 0 Å². The summed E-state index contributed by atoms with van der Waals surface area (Å²) in [5.41, 5.74) is 1.31. The third-order valence-electron chi connectivity index (χ3n) is 3.17. The monoisotopic (exact) mass is 347 g/mol. The van der Waals surface area contributed by atoms with Gasteiger partial charge in [-0.25, -0.2) is 4.99 Å². The Hall–Kier alpha value is -2.61. The number of carbonyl (C=O) groups is 2. The van der Waals surface area contributed by atoms with Crippen LogP contribution in [0, 0.1) is 0 Å². The van der Waals surface area contributed by atoms with Crippen LogP contribution in [0.1, 0.15) is 6.92 Å². The number of hydrogen-bond acceptors (Lipinski definition) is 6. The number of anilines is 1. The highest BCUT2D eigenvalue weighted by atomic mass is 32.2. The molecule has 0 spiro atoms. The SMILES string of the molecule is C=C1C(=O)N=C(SCC(=O)Nc2ccc(OC)cc2OC)N=C1C. The molecule has 0 unspecified atom stereocenters. The number of amides is 2. The van der Waals surface area contributed by atoms with Crippen molar-refractivity contribution in [1.82, 2.24) is 0 Å². The first kappa shape index (κ1) is 17.7. The molecule has 0 bridgehead atoms. The summed E-state index contributed by atoms with van der Waals surface area (Å²) in [7, 11) is 3.05. The summed E-state index contributed by atoms with van der Waals surface area (Å²) < 4.78 is 10.3. The molecule has 0 aromatic heterocycles. The third-order valence-corrected chi connectivity index (χ3v) is 4.02. The highest BCUT2D eigenvalue weighted by Crippen LogP contribution is 2.29. The van der Waals surface area contributed by atoms with Crippen molar-refractivity contribution in [3.63, 3.8) is 0 Å². The fraction of sp³-hybridized carbons (Fsp3) is 0.250. The minimum atomic E-state index is -0.428. The quantitative estimate of drug-likeness (QED) is 0.826. The van der Waals surface area contributed by atoms with Gasteiger partial charge >= 0.3 is 0 Å². The highest BCUT2D eigenvalue weighted by Gasteiger charge is 2.18. The Morgan fingerprint density at radius 1 is 1.29 bits per heavy atom. The smallest absolute Gasteiger partial charge is 0.280 e. The summed E-state index contributed by atoms with van der Waals surface area (Å²) in [4.78, 5) is 31.6. The van der Waals surface area contributed by atoms with Crippen LogP contribution in [0.4, 0.5) is 5.69 Å². The summed E-state index contributed by atoms with van der Waals surface area (Å²) in [6, 6.07) is 5.08. The average molecular weight is 347 g/mol. The standard InChI is InChI=1S/C16H17N3O4S/c1-9-10(2)17-16(19-15(9)21)24-8-14(20)18-12-6-5-11(22-3)7-13(12)23-4/h5-7H,1,8H2,2-4H3,(H,18,20). The minimum absolute atomic E-state index is 0.0601. The summed E-state index contributed by atoms with van der Waals surface area (Å²) in [6.45, 7) is 5.27. The predicted molar refractivity (Wildman–Crippen MR) is 95.3 cm³/mol. The number of nitrogens with one attached hydrogen (secondary N) is 1. The van der Waals surface area contributed by atoms with E-state index in [0.29, 0.717) is 22.9 Å². The van der Waals surface area contributed by atoms with Crippen LogP contribution in [-0.4, -0.2) is 42.7 Å². The Labute approximate surface area is 143 Å². The number of aliphatic imine (C=N–C) groups is 2. The number of carbonyl (C=O) groups excluding carboxylic acids is 2. The topological polar surface area (TPSA) is 89.4 Å². The van der Waals surface area contributed by atoms with Gasteiger partial charge in [0.15, 0.2) is 5.17 Å². The molecule has 0 saturated heterocycles. The maximum absolute atomic E-state index is 12.1. The number of hydrogen-bond donors (Lipinski definition) is 1. The Kier molecular flexibility index (Phi) is 5.75. The zero-order valence-electron chi connectivity index (χ0n) is 13.6. The Bertz CT molecular complexity index is 756. The fourth-order valence-corrected chi connectivity index (χ4v) is 2.51. The summed E-state index contributed by atoms with van der Waals surface area (Å²) >= 11 is 1.08. The lowest BCUT2D eigenvalue weighted by atomic mass is 10.2. The largest absolute Gasteiger partial charge is 0.497 e. The predicted octanol–water partition coefficient (Wildman–Crippen LogP) is 2.29. The summed E-state index contributed by atoms with van der Waals surface area (Å²) in [5, 5.41) is 2.99. The molecule has 24 heavy (non-hydrogen) atoms. The fourth-order valence-electron chi connectivity index (χ4n) is 1.83. The molecule has 0 atom stereocenters. The second-order valence-corrected chi connectivity index (χ2v) is 5.72. The van der Waals surface area contributed by atoms with Gasteiger partial charge in [0.2, 0.25) is 5.91 Å². The first-order valence-corrected chi connectivity index (χ1v) is 7.95. The number of thioether (sulfide) groups is 1. The summed E-state index contributed by atoms with van der Waals surface area (Å²) in [5.74, 6) is 0.477. The van der Waals surface area contributed by atoms with Crippen molar-refractivity contribution in [3.05, 3.63) is 30.4 Å². The van der Waals surface area contributed by atoms with Crippen LogP contribution >= 0.6 is 11.8 Å². The van der Waals surface area contributed by atoms with Crippen molar-refractivity contribution in [3.8, 4) is 11.5 Å². The molecule has 0 radical (unpaired) electrons. The third kappa shape index (κ3) is 4.23. The average Bonchev–Trinajstić information content (AvgIpc) is 2.58. The van der Waals surface area contributed by atoms with Gasteiger partial charge in [-0.3, -0.25) is 9.59 Å². The van der Waals surface area contributed by atoms with Crippen LogP contribution in [-0.2, 0) is 9.59 Å². The zero-order valence-corrected chi connectivity index (χ0v) is 14.4. The van der Waals surface area contributed by atoms with Gasteiger partial charge in [0.1, 0.15) is 11.5 Å². The van der Waals surface area contributed by atoms with Crippen LogP contribution in [0.5, 0.6) is 11.5 Å². The van der Waals surface area contributed by atoms with E-state index in [1.165, 1.54) is 7.11 Å². The lowest BCUT2D eigenvalue weighted by Gasteiger charge is -2.12. The second-order valence-electron chi connectivity index (χ2n) is 4.78. The molecule has 1 N–H and O–H groups in total. The van der Waals surface area contributed by atoms with Gasteiger partial charge in [0, 0.05) is 6.07 Å². The molecule has 1 aliphatic rings. The van der Waals surface area contributed by atoms with E-state index in [2.05, 4.69) is 21.9 Å². The molecule has 0 aliphatic carbocycles. The minimum Gasteiger partial charge on any atom is -0.497 e. The van der Waals surface area contributed by atoms with Crippen LogP contribution in [0.25, 0.3) is 0 Å². The molecule has 7 nitrogen and oxygen atoms in total. The Morgan fingerprint density at radius 3 is 2.67 bits per heavy atom. The number of rotatable bonds is 5. The maximum Gasteiger partial charge on any atom is 0.280 e. The number of methoxy groups -OCH3 is 2. The van der Waals surface area contributed by atoms with Gasteiger partial charge in [-0.1, -0.05) is 18.3 Å². The molecule has 0 fully saturated rings. The molecule has 1 aliphatic heterocycles. The van der Waals surface area contributed by atoms with Gasteiger partial charge in [-0.15, -0.1) is 0 Å². The lowest BCUT2D eigenvalue weighted by molar-refractivity contribution is -0.114. The molecule has 1 heterocycles. The molecule has 1 aromatic rings. The normalized spacial score (nSPS) is 14.0. The van der Waals surface area contributed by atoms with Crippen molar-refractivity contribution in [2.45, 2.75) is 6.92 Å². The van der Waals surface area contributed by atoms with Crippen molar-refractivity contribution in [2.24, 2.45) is 9.98 Å². The lowest BCUT2D eigenvalue weighted by Crippen LogP contribution is -2.19. The highest BCUT2D eigenvalue weighted by molar-refractivity contribution is 8.14. The van der Waals surface area contributed by atoms with E-state index in [9.17, 15) is 9.59 Å². The second kappa shape index (κ2) is 7.78. The molecule has 8 heteroatoms. The van der Waals surface area contributed by atoms with Crippen LogP contribution in [0.2, 0.25) is 0 Å². The van der Waals surface area contributed by atoms with Crippen molar-refractivity contribution in [1.29, 1.82) is 0 Å². The molecule has 2 rings (SSSR count). The van der Waals surface area contributed by atoms with Crippen LogP contribution < -0.4 is 14.8 Å². The molecule has 1 aromatic carbocycles. The van der Waals surface area contributed by atoms with E-state index >= 15 is 0 Å². The molecular formula is C16H17N3O4S. The number of benzene rings is 1. The summed E-state index contributed by atoms with van der Waals surface area (Å²) in [6.07, 6.45) is 0. The molecule has 0 saturated carbocycles. The molecule has 2 amide bonds. The van der Waals surface area contributed by atoms with E-state index < -0.39 is 5.91 Å². The van der Waals surface area contributed by atoms with E-state index in [-0.39, 0.29) is 22.4 Å². The van der Waals surface area contributed by atoms with E-state index in [1.807, 2.05) is 0 Å². The van der Waals surface area contributed by atoms with Crippen LogP contribution in [0.15, 0.2) is 40.3 Å². The number of nitrogens with zero attached hydrogens (tertiary/aromatic N) is 2. The first-order valence-electron chi connectivity index (χ1n) is 6.97. The van der Waals surface area contributed by atoms with Gasteiger partial charge in [0.25, 0.3) is 5.91 Å². The van der Waals surface area contributed by atoms with Crippen molar-refractivity contribution in [2.75, 3.05) is 25.3 Å². The van der Waals surface area contributed by atoms with Gasteiger partial charge in [-0.05, 0) is 19.1 Å². The number of ether oxygens (including phenoxy) is 2. The van der Waals surface area contributed by atoms with E-state index in [0.717, 1.165) is 11.8 Å². The first-order chi connectivity index (χ1) is 11.4. The number of amidine groups is 1. The van der Waals surface area contributed by atoms with Gasteiger partial charge < -0.3 is 14.8 Å². The maximum atomic E-state index is 12.1. The van der Waals surface area contributed by atoms with Gasteiger partial charge in [0.05, 0.1) is 36.9 Å². The molecular weight excluding hydrogens is 330 g/mol. The van der Waals surface area contributed by atoms with E-state index in [4.69, 9.17) is 9.47 Å². The molecule has 126 valence electrons. The van der Waals surface area contributed by atoms with Gasteiger partial charge in [-0.2, -0.15) is 4.99 Å².